The van der Waals surface area contributed by atoms with Gasteiger partial charge in [-0.2, -0.15) is 0 Å². The van der Waals surface area contributed by atoms with E-state index in [0.29, 0.717) is 12.1 Å². The smallest absolute Gasteiger partial charge is 0.212 e. The lowest BCUT2D eigenvalue weighted by Crippen LogP contribution is -2.05. The molecule has 7 nitrogen and oxygen atoms in total. The van der Waals surface area contributed by atoms with Crippen molar-refractivity contribution in [2.24, 2.45) is 4.99 Å². The van der Waals surface area contributed by atoms with Crippen molar-refractivity contribution in [2.45, 2.75) is 6.92 Å². The van der Waals surface area contributed by atoms with E-state index in [2.05, 4.69) is 15.3 Å². The largest absolute Gasteiger partial charge is 0.506 e. The number of phenolic OH excluding ortho intramolecular Hbond substituents is 1. The Morgan fingerprint density at radius 3 is 2.86 bits per heavy atom. The van der Waals surface area contributed by atoms with Crippen LogP contribution in [0, 0.1) is 6.92 Å². The predicted molar refractivity (Wildman–Crippen MR) is 88.1 cm³/mol. The molecule has 0 aliphatic carbocycles. The van der Waals surface area contributed by atoms with Crippen LogP contribution in [0.1, 0.15) is 5.56 Å². The maximum atomic E-state index is 10.2. The van der Waals surface area contributed by atoms with E-state index < -0.39 is 0 Å². The van der Waals surface area contributed by atoms with Crippen molar-refractivity contribution >= 4 is 30.6 Å². The Balaban J connectivity index is 2.29. The van der Waals surface area contributed by atoms with Crippen LogP contribution >= 0.6 is 12.1 Å². The molecule has 22 heavy (non-hydrogen) atoms. The first-order valence-corrected chi connectivity index (χ1v) is 7.20. The molecular weight excluding hydrogens is 302 g/mol. The van der Waals surface area contributed by atoms with Gasteiger partial charge >= 0.3 is 0 Å². The number of rotatable bonds is 6. The average molecular weight is 319 g/mol. The fraction of sp³-hybridized carbons (Fsp3) is 0.214. The summed E-state index contributed by atoms with van der Waals surface area (Å²) in [5.74, 6) is 0.0359. The maximum absolute atomic E-state index is 10.2. The van der Waals surface area contributed by atoms with Crippen molar-refractivity contribution in [1.82, 2.24) is 18.6 Å². The average Bonchev–Trinajstić information content (AvgIpc) is 2.89. The first-order chi connectivity index (χ1) is 10.5. The third-order valence-electron chi connectivity index (χ3n) is 2.73. The zero-order valence-electron chi connectivity index (χ0n) is 12.5. The molecule has 0 fully saturated rings. The molecule has 116 valence electrons. The molecular formula is C14H17N5O2S. The van der Waals surface area contributed by atoms with Gasteiger partial charge in [0.1, 0.15) is 17.8 Å². The highest BCUT2D eigenvalue weighted by molar-refractivity contribution is 7.95. The van der Waals surface area contributed by atoms with Gasteiger partial charge in [-0.1, -0.05) is 0 Å². The van der Waals surface area contributed by atoms with Crippen molar-refractivity contribution in [3.8, 4) is 17.0 Å². The van der Waals surface area contributed by atoms with Gasteiger partial charge in [0.15, 0.2) is 0 Å². The third kappa shape index (κ3) is 3.86. The van der Waals surface area contributed by atoms with Crippen LogP contribution in [0.25, 0.3) is 11.3 Å². The summed E-state index contributed by atoms with van der Waals surface area (Å²) in [4.78, 5) is 18.6. The molecule has 0 saturated carbocycles. The standard InChI is InChI=1S/C14H17N5O2S/c1-10-4-11(5-13(21)14(10)16-7-15-9-20)12-6-19(8-17-12)22-18(2)3/h4-9,21H,1-3H3,(H,15,16,20). The normalized spacial score (nSPS) is 11.3. The fourth-order valence-corrected chi connectivity index (χ4v) is 2.51. The summed E-state index contributed by atoms with van der Waals surface area (Å²) in [6.45, 7) is 1.84. The third-order valence-corrected chi connectivity index (χ3v) is 3.44. The van der Waals surface area contributed by atoms with Crippen molar-refractivity contribution in [1.29, 1.82) is 0 Å². The Hall–Kier alpha value is -2.32. The summed E-state index contributed by atoms with van der Waals surface area (Å²) in [5.41, 5.74) is 2.76. The van der Waals surface area contributed by atoms with Crippen LogP contribution in [0.4, 0.5) is 5.69 Å². The number of aromatic nitrogens is 2. The van der Waals surface area contributed by atoms with E-state index >= 15 is 0 Å². The number of nitrogens with one attached hydrogen (secondary N) is 1. The summed E-state index contributed by atoms with van der Waals surface area (Å²) in [5, 5.41) is 12.4. The molecule has 0 saturated heterocycles. The lowest BCUT2D eigenvalue weighted by molar-refractivity contribution is -0.108. The van der Waals surface area contributed by atoms with Crippen LogP contribution in [0.5, 0.6) is 5.75 Å². The molecule has 0 unspecified atom stereocenters. The summed E-state index contributed by atoms with van der Waals surface area (Å²) >= 11 is 1.50. The fourth-order valence-electron chi connectivity index (χ4n) is 1.90. The quantitative estimate of drug-likeness (QED) is 0.368. The van der Waals surface area contributed by atoms with Crippen molar-refractivity contribution in [2.75, 3.05) is 14.1 Å². The number of carbonyl (C=O) groups excluding carboxylic acids is 1. The van der Waals surface area contributed by atoms with Gasteiger partial charge in [-0.15, -0.1) is 0 Å². The zero-order chi connectivity index (χ0) is 16.1. The minimum atomic E-state index is 0.0359. The number of imidazole rings is 1. The van der Waals surface area contributed by atoms with Crippen LogP contribution < -0.4 is 5.32 Å². The highest BCUT2D eigenvalue weighted by atomic mass is 32.2. The molecule has 2 N–H and O–H groups in total. The predicted octanol–water partition coefficient (Wildman–Crippen LogP) is 1.94. The van der Waals surface area contributed by atoms with Gasteiger partial charge in [-0.05, 0) is 38.7 Å². The number of benzene rings is 1. The molecule has 1 heterocycles. The lowest BCUT2D eigenvalue weighted by Gasteiger charge is -2.07. The monoisotopic (exact) mass is 319 g/mol. The summed E-state index contributed by atoms with van der Waals surface area (Å²) in [7, 11) is 3.89. The Morgan fingerprint density at radius 2 is 2.23 bits per heavy atom. The number of hydrogen-bond donors (Lipinski definition) is 2. The van der Waals surface area contributed by atoms with E-state index in [1.807, 2.05) is 41.6 Å². The number of carbonyl (C=O) groups is 1. The maximum Gasteiger partial charge on any atom is 0.212 e. The van der Waals surface area contributed by atoms with Crippen LogP contribution in [-0.2, 0) is 4.79 Å². The molecule has 0 spiro atoms. The molecule has 0 atom stereocenters. The minimum absolute atomic E-state index is 0.0359. The molecule has 8 heteroatoms. The second-order valence-electron chi connectivity index (χ2n) is 4.72. The van der Waals surface area contributed by atoms with E-state index in [0.717, 1.165) is 16.8 Å². The number of hydrogen-bond acceptors (Lipinski definition) is 6. The zero-order valence-corrected chi connectivity index (χ0v) is 13.3. The van der Waals surface area contributed by atoms with Crippen molar-refractivity contribution in [3.05, 3.63) is 30.2 Å². The molecule has 1 amide bonds. The molecule has 2 aromatic rings. The number of aromatic hydroxyl groups is 1. The molecule has 1 aromatic carbocycles. The number of amides is 1. The van der Waals surface area contributed by atoms with E-state index in [1.54, 1.807) is 12.4 Å². The molecule has 0 aliphatic rings. The Labute approximate surface area is 133 Å². The second-order valence-corrected chi connectivity index (χ2v) is 6.03. The van der Waals surface area contributed by atoms with E-state index in [4.69, 9.17) is 0 Å². The van der Waals surface area contributed by atoms with Crippen LogP contribution in [0.15, 0.2) is 29.6 Å². The molecule has 0 radical (unpaired) electrons. The molecule has 1 aromatic heterocycles. The number of nitrogens with zero attached hydrogens (tertiary/aromatic N) is 4. The first kappa shape index (κ1) is 16.1. The van der Waals surface area contributed by atoms with E-state index in [9.17, 15) is 9.90 Å². The van der Waals surface area contributed by atoms with Gasteiger partial charge in [0.05, 0.1) is 12.0 Å². The van der Waals surface area contributed by atoms with Crippen LogP contribution in [-0.4, -0.2) is 45.2 Å². The Bertz CT molecular complexity index is 673. The summed E-state index contributed by atoms with van der Waals surface area (Å²) in [6, 6.07) is 3.49. The van der Waals surface area contributed by atoms with Gasteiger partial charge in [0.2, 0.25) is 6.41 Å². The summed E-state index contributed by atoms with van der Waals surface area (Å²) in [6.07, 6.45) is 5.35. The number of aliphatic imine (C=N–C) groups is 1. The van der Waals surface area contributed by atoms with Gasteiger partial charge < -0.3 is 10.4 Å². The van der Waals surface area contributed by atoms with Gasteiger partial charge in [0, 0.05) is 23.9 Å². The number of aryl methyl sites for hydroxylation is 1. The second kappa shape index (κ2) is 7.10. The van der Waals surface area contributed by atoms with Gasteiger partial charge in [0.25, 0.3) is 0 Å². The SMILES string of the molecule is Cc1cc(-c2cn(SN(C)C)cn2)cc(O)c1/N=C\NC=O. The molecule has 2 rings (SSSR count). The summed E-state index contributed by atoms with van der Waals surface area (Å²) < 4.78 is 3.83. The Morgan fingerprint density at radius 1 is 1.45 bits per heavy atom. The van der Waals surface area contributed by atoms with Crippen LogP contribution in [0.3, 0.4) is 0 Å². The van der Waals surface area contributed by atoms with E-state index in [-0.39, 0.29) is 5.75 Å². The number of phenols is 1. The van der Waals surface area contributed by atoms with Gasteiger partial charge in [-0.3, -0.25) is 8.77 Å². The van der Waals surface area contributed by atoms with E-state index in [1.165, 1.54) is 18.5 Å². The molecule has 0 aliphatic heterocycles. The molecule has 0 bridgehead atoms. The van der Waals surface area contributed by atoms with Crippen molar-refractivity contribution < 1.29 is 9.90 Å². The Kier molecular flexibility index (Phi) is 5.18. The lowest BCUT2D eigenvalue weighted by atomic mass is 10.1. The van der Waals surface area contributed by atoms with Crippen molar-refractivity contribution in [3.63, 3.8) is 0 Å². The topological polar surface area (TPSA) is 82.8 Å². The van der Waals surface area contributed by atoms with Crippen LogP contribution in [0.2, 0.25) is 0 Å². The minimum Gasteiger partial charge on any atom is -0.506 e. The highest BCUT2D eigenvalue weighted by Gasteiger charge is 2.10. The highest BCUT2D eigenvalue weighted by Crippen LogP contribution is 2.34. The van der Waals surface area contributed by atoms with Gasteiger partial charge in [-0.25, -0.2) is 14.3 Å². The first-order valence-electron chi connectivity index (χ1n) is 6.47.